The van der Waals surface area contributed by atoms with E-state index in [2.05, 4.69) is 4.98 Å². The zero-order valence-corrected chi connectivity index (χ0v) is 11.3. The maximum atomic E-state index is 12.5. The van der Waals surface area contributed by atoms with E-state index in [4.69, 9.17) is 9.47 Å². The van der Waals surface area contributed by atoms with E-state index in [9.17, 15) is 4.79 Å². The van der Waals surface area contributed by atoms with Crippen LogP contribution < -0.4 is 0 Å². The average Bonchev–Trinajstić information content (AvgIpc) is 2.98. The van der Waals surface area contributed by atoms with Crippen LogP contribution in [0.3, 0.4) is 0 Å². The Hall–Kier alpha value is -0.780. The lowest BCUT2D eigenvalue weighted by molar-refractivity contribution is -0.0920. The summed E-state index contributed by atoms with van der Waals surface area (Å²) in [7, 11) is 0. The standard InChI is InChI=1S/C13H17NO3S/c1-9-12(18-8-14-9)11(15)10-2-4-17-13(6-10)3-5-16-7-13/h8,10H,2-7H2,1H3. The van der Waals surface area contributed by atoms with Gasteiger partial charge in [-0.3, -0.25) is 4.79 Å². The first-order valence-corrected chi connectivity index (χ1v) is 7.24. The molecule has 2 aliphatic rings. The molecule has 2 unspecified atom stereocenters. The molecule has 1 spiro atoms. The van der Waals surface area contributed by atoms with E-state index in [0.717, 1.165) is 36.4 Å². The van der Waals surface area contributed by atoms with E-state index in [-0.39, 0.29) is 17.3 Å². The zero-order valence-electron chi connectivity index (χ0n) is 10.5. The lowest BCUT2D eigenvalue weighted by Gasteiger charge is -2.36. The van der Waals surface area contributed by atoms with Crippen LogP contribution in [-0.4, -0.2) is 36.2 Å². The molecule has 0 aliphatic carbocycles. The van der Waals surface area contributed by atoms with Gasteiger partial charge in [-0.05, 0) is 19.8 Å². The van der Waals surface area contributed by atoms with Gasteiger partial charge in [0, 0.05) is 25.6 Å². The minimum Gasteiger partial charge on any atom is -0.378 e. The molecule has 18 heavy (non-hydrogen) atoms. The van der Waals surface area contributed by atoms with Gasteiger partial charge in [-0.25, -0.2) is 4.98 Å². The fraction of sp³-hybridized carbons (Fsp3) is 0.692. The first kappa shape index (κ1) is 12.3. The van der Waals surface area contributed by atoms with Crippen molar-refractivity contribution in [1.82, 2.24) is 4.98 Å². The van der Waals surface area contributed by atoms with Gasteiger partial charge in [-0.15, -0.1) is 11.3 Å². The molecule has 0 N–H and O–H groups in total. The summed E-state index contributed by atoms with van der Waals surface area (Å²) in [4.78, 5) is 17.5. The number of Topliss-reactive ketones (excluding diaryl/α,β-unsaturated/α-hetero) is 1. The van der Waals surface area contributed by atoms with Gasteiger partial charge in [-0.1, -0.05) is 0 Å². The van der Waals surface area contributed by atoms with Crippen molar-refractivity contribution in [3.8, 4) is 0 Å². The lowest BCUT2D eigenvalue weighted by Crippen LogP contribution is -2.42. The highest BCUT2D eigenvalue weighted by Gasteiger charge is 2.43. The number of ether oxygens (including phenoxy) is 2. The molecule has 0 radical (unpaired) electrons. The number of carbonyl (C=O) groups excluding carboxylic acids is 1. The lowest BCUT2D eigenvalue weighted by atomic mass is 9.82. The van der Waals surface area contributed by atoms with Crippen molar-refractivity contribution in [2.24, 2.45) is 5.92 Å². The molecule has 2 aliphatic heterocycles. The predicted octanol–water partition coefficient (Wildman–Crippen LogP) is 2.22. The number of aromatic nitrogens is 1. The molecule has 98 valence electrons. The monoisotopic (exact) mass is 267 g/mol. The Balaban J connectivity index is 1.76. The van der Waals surface area contributed by atoms with Crippen molar-refractivity contribution in [3.05, 3.63) is 16.1 Å². The largest absolute Gasteiger partial charge is 0.378 e. The molecule has 3 heterocycles. The van der Waals surface area contributed by atoms with Crippen LogP contribution in [0.2, 0.25) is 0 Å². The Morgan fingerprint density at radius 3 is 3.11 bits per heavy atom. The number of nitrogens with zero attached hydrogens (tertiary/aromatic N) is 1. The first-order valence-electron chi connectivity index (χ1n) is 6.36. The summed E-state index contributed by atoms with van der Waals surface area (Å²) >= 11 is 1.45. The molecule has 0 aromatic carbocycles. The van der Waals surface area contributed by atoms with E-state index < -0.39 is 0 Å². The van der Waals surface area contributed by atoms with Gasteiger partial charge in [0.2, 0.25) is 0 Å². The Labute approximate surface area is 110 Å². The van der Waals surface area contributed by atoms with Crippen molar-refractivity contribution < 1.29 is 14.3 Å². The Morgan fingerprint density at radius 2 is 2.44 bits per heavy atom. The highest BCUT2D eigenvalue weighted by atomic mass is 32.1. The second-order valence-corrected chi connectivity index (χ2v) is 6.01. The number of rotatable bonds is 2. The van der Waals surface area contributed by atoms with E-state index in [0.29, 0.717) is 13.2 Å². The highest BCUT2D eigenvalue weighted by molar-refractivity contribution is 7.12. The van der Waals surface area contributed by atoms with Crippen molar-refractivity contribution in [2.45, 2.75) is 31.8 Å². The molecular weight excluding hydrogens is 250 g/mol. The molecule has 2 fully saturated rings. The average molecular weight is 267 g/mol. The van der Waals surface area contributed by atoms with E-state index >= 15 is 0 Å². The number of ketones is 1. The van der Waals surface area contributed by atoms with Crippen molar-refractivity contribution in [2.75, 3.05) is 19.8 Å². The van der Waals surface area contributed by atoms with Crippen LogP contribution in [0, 0.1) is 12.8 Å². The quantitative estimate of drug-likeness (QED) is 0.771. The van der Waals surface area contributed by atoms with E-state index in [1.165, 1.54) is 11.3 Å². The molecule has 2 atom stereocenters. The third kappa shape index (κ3) is 2.11. The van der Waals surface area contributed by atoms with Gasteiger partial charge in [0.1, 0.15) is 0 Å². The third-order valence-corrected chi connectivity index (χ3v) is 4.84. The molecule has 1 aromatic rings. The van der Waals surface area contributed by atoms with Crippen molar-refractivity contribution in [3.63, 3.8) is 0 Å². The summed E-state index contributed by atoms with van der Waals surface area (Å²) in [5.41, 5.74) is 2.40. The maximum absolute atomic E-state index is 12.5. The fourth-order valence-corrected chi connectivity index (χ4v) is 3.66. The molecule has 4 nitrogen and oxygen atoms in total. The molecule has 0 amide bonds. The molecule has 3 rings (SSSR count). The summed E-state index contributed by atoms with van der Waals surface area (Å²) in [6, 6.07) is 0. The van der Waals surface area contributed by atoms with Crippen molar-refractivity contribution in [1.29, 1.82) is 0 Å². The summed E-state index contributed by atoms with van der Waals surface area (Å²) in [6.07, 6.45) is 2.53. The minimum absolute atomic E-state index is 0.0691. The zero-order chi connectivity index (χ0) is 12.6. The molecule has 0 bridgehead atoms. The fourth-order valence-electron chi connectivity index (χ4n) is 2.84. The molecule has 5 heteroatoms. The molecular formula is C13H17NO3S. The number of thiazole rings is 1. The summed E-state index contributed by atoms with van der Waals surface area (Å²) in [5.74, 6) is 0.309. The Kier molecular flexibility index (Phi) is 3.21. The van der Waals surface area contributed by atoms with Crippen LogP contribution >= 0.6 is 11.3 Å². The normalized spacial score (nSPS) is 31.9. The van der Waals surface area contributed by atoms with Crippen LogP contribution in [0.15, 0.2) is 5.51 Å². The van der Waals surface area contributed by atoms with Crippen molar-refractivity contribution >= 4 is 17.1 Å². The Morgan fingerprint density at radius 1 is 1.56 bits per heavy atom. The number of hydrogen-bond donors (Lipinski definition) is 0. The summed E-state index contributed by atoms with van der Waals surface area (Å²) < 4.78 is 11.3. The SMILES string of the molecule is Cc1ncsc1C(=O)C1CCOC2(CCOC2)C1. The predicted molar refractivity (Wildman–Crippen MR) is 68.0 cm³/mol. The van der Waals surface area contributed by atoms with Crippen LogP contribution in [0.5, 0.6) is 0 Å². The second kappa shape index (κ2) is 4.72. The second-order valence-electron chi connectivity index (χ2n) is 5.15. The van der Waals surface area contributed by atoms with Gasteiger partial charge in [-0.2, -0.15) is 0 Å². The van der Waals surface area contributed by atoms with Gasteiger partial charge in [0.05, 0.1) is 28.3 Å². The van der Waals surface area contributed by atoms with Gasteiger partial charge >= 0.3 is 0 Å². The van der Waals surface area contributed by atoms with Crippen LogP contribution in [-0.2, 0) is 9.47 Å². The summed E-state index contributed by atoms with van der Waals surface area (Å²) in [6.45, 7) is 3.95. The first-order chi connectivity index (χ1) is 8.70. The number of hydrogen-bond acceptors (Lipinski definition) is 5. The van der Waals surface area contributed by atoms with Gasteiger partial charge < -0.3 is 9.47 Å². The third-order valence-electron chi connectivity index (χ3n) is 3.90. The topological polar surface area (TPSA) is 48.4 Å². The summed E-state index contributed by atoms with van der Waals surface area (Å²) in [5, 5.41) is 0. The van der Waals surface area contributed by atoms with E-state index in [1.807, 2.05) is 6.92 Å². The minimum atomic E-state index is -0.197. The number of aryl methyl sites for hydroxylation is 1. The maximum Gasteiger partial charge on any atom is 0.177 e. The molecule has 1 aromatic heterocycles. The smallest absolute Gasteiger partial charge is 0.177 e. The number of carbonyl (C=O) groups is 1. The molecule has 0 saturated carbocycles. The van der Waals surface area contributed by atoms with E-state index in [1.54, 1.807) is 5.51 Å². The van der Waals surface area contributed by atoms with Crippen LogP contribution in [0.1, 0.15) is 34.6 Å². The van der Waals surface area contributed by atoms with Crippen LogP contribution in [0.25, 0.3) is 0 Å². The van der Waals surface area contributed by atoms with Gasteiger partial charge in [0.25, 0.3) is 0 Å². The Bertz CT molecular complexity index is 451. The van der Waals surface area contributed by atoms with Gasteiger partial charge in [0.15, 0.2) is 5.78 Å². The highest BCUT2D eigenvalue weighted by Crippen LogP contribution is 2.37. The van der Waals surface area contributed by atoms with Crippen LogP contribution in [0.4, 0.5) is 0 Å². The molecule has 2 saturated heterocycles.